The first-order valence-electron chi connectivity index (χ1n) is 9.13. The van der Waals surface area contributed by atoms with E-state index in [0.717, 1.165) is 12.8 Å². The van der Waals surface area contributed by atoms with Gasteiger partial charge < -0.3 is 16.0 Å². The van der Waals surface area contributed by atoms with Crippen molar-refractivity contribution in [3.63, 3.8) is 0 Å². The van der Waals surface area contributed by atoms with Crippen LogP contribution in [0.15, 0.2) is 30.6 Å². The summed E-state index contributed by atoms with van der Waals surface area (Å²) in [7, 11) is 0. The van der Waals surface area contributed by atoms with Gasteiger partial charge in [-0.2, -0.15) is 0 Å². The molecule has 0 radical (unpaired) electrons. The summed E-state index contributed by atoms with van der Waals surface area (Å²) < 4.78 is 0. The predicted molar refractivity (Wildman–Crippen MR) is 111 cm³/mol. The van der Waals surface area contributed by atoms with E-state index < -0.39 is 4.92 Å². The van der Waals surface area contributed by atoms with Crippen LogP contribution in [0.3, 0.4) is 0 Å². The van der Waals surface area contributed by atoms with Gasteiger partial charge in [-0.25, -0.2) is 9.97 Å². The Labute approximate surface area is 169 Å². The number of para-hydroxylation sites is 1. The molecule has 0 amide bonds. The normalized spacial score (nSPS) is 18.5. The topological polar surface area (TPSA) is 105 Å². The Morgan fingerprint density at radius 1 is 1.14 bits per heavy atom. The van der Waals surface area contributed by atoms with E-state index in [1.807, 2.05) is 0 Å². The maximum absolute atomic E-state index is 11.8. The minimum absolute atomic E-state index is 0.0352. The molecule has 8 nitrogen and oxygen atoms in total. The molecule has 1 fully saturated rings. The molecule has 0 atom stereocenters. The van der Waals surface area contributed by atoms with E-state index in [-0.39, 0.29) is 34.4 Å². The molecule has 0 unspecified atom stereocenters. The van der Waals surface area contributed by atoms with Gasteiger partial charge in [0, 0.05) is 17.1 Å². The molecule has 9 heteroatoms. The highest BCUT2D eigenvalue weighted by Gasteiger charge is 2.38. The third-order valence-electron chi connectivity index (χ3n) is 4.66. The first kappa shape index (κ1) is 20.3. The van der Waals surface area contributed by atoms with Crippen LogP contribution in [-0.4, -0.2) is 32.0 Å². The molecule has 150 valence electrons. The Morgan fingerprint density at radius 2 is 1.75 bits per heavy atom. The Hall–Kier alpha value is -2.45. The summed E-state index contributed by atoms with van der Waals surface area (Å²) in [5.74, 6) is 0.302. The summed E-state index contributed by atoms with van der Waals surface area (Å²) in [5.41, 5.74) is 0.150. The fraction of sp³-hybridized carbons (Fsp3) is 0.474. The molecular formula is C19H25ClN6O2. The molecule has 2 aromatic rings. The quantitative estimate of drug-likeness (QED) is 0.497. The van der Waals surface area contributed by atoms with Gasteiger partial charge in [-0.3, -0.25) is 10.1 Å². The molecule has 1 aliphatic rings. The second-order valence-electron chi connectivity index (χ2n) is 8.42. The van der Waals surface area contributed by atoms with Crippen LogP contribution in [0, 0.1) is 10.1 Å². The number of piperidine rings is 1. The molecular weight excluding hydrogens is 380 g/mol. The van der Waals surface area contributed by atoms with Gasteiger partial charge in [-0.1, -0.05) is 23.7 Å². The van der Waals surface area contributed by atoms with Crippen LogP contribution in [-0.2, 0) is 0 Å². The molecule has 1 aliphatic heterocycles. The SMILES string of the molecule is CC1(C)CC(Nc2ncnc(Nc3ccccc3Cl)c2[N+](=O)[O-])CC(C)(C)N1. The van der Waals surface area contributed by atoms with Gasteiger partial charge in [0.05, 0.1) is 15.6 Å². The van der Waals surface area contributed by atoms with Gasteiger partial charge in [0.1, 0.15) is 6.33 Å². The smallest absolute Gasteiger partial charge is 0.353 e. The van der Waals surface area contributed by atoms with Gasteiger partial charge in [0.15, 0.2) is 0 Å². The molecule has 0 bridgehead atoms. The first-order valence-corrected chi connectivity index (χ1v) is 9.51. The van der Waals surface area contributed by atoms with Crippen molar-refractivity contribution < 1.29 is 4.92 Å². The number of halogens is 1. The van der Waals surface area contributed by atoms with E-state index in [2.05, 4.69) is 53.6 Å². The highest BCUT2D eigenvalue weighted by Crippen LogP contribution is 2.36. The van der Waals surface area contributed by atoms with E-state index in [1.54, 1.807) is 24.3 Å². The van der Waals surface area contributed by atoms with Crippen LogP contribution in [0.4, 0.5) is 23.0 Å². The lowest BCUT2D eigenvalue weighted by molar-refractivity contribution is -0.383. The highest BCUT2D eigenvalue weighted by molar-refractivity contribution is 6.33. The van der Waals surface area contributed by atoms with Gasteiger partial charge in [0.2, 0.25) is 11.6 Å². The lowest BCUT2D eigenvalue weighted by Gasteiger charge is -2.46. The molecule has 1 saturated heterocycles. The fourth-order valence-electron chi connectivity index (χ4n) is 4.06. The molecule has 0 aliphatic carbocycles. The van der Waals surface area contributed by atoms with Crippen LogP contribution >= 0.6 is 11.6 Å². The number of benzene rings is 1. The molecule has 0 saturated carbocycles. The number of nitrogens with zero attached hydrogens (tertiary/aromatic N) is 3. The van der Waals surface area contributed by atoms with Crippen LogP contribution in [0.25, 0.3) is 0 Å². The standard InChI is InChI=1S/C19H25ClN6O2/c1-18(2)9-12(10-19(3,4)25-18)23-16-15(26(27)28)17(22-11-21-16)24-14-8-6-5-7-13(14)20/h5-8,11-12,25H,9-10H2,1-4H3,(H2,21,22,23,24). The Kier molecular flexibility index (Phi) is 5.45. The summed E-state index contributed by atoms with van der Waals surface area (Å²) in [6, 6.07) is 7.05. The third kappa shape index (κ3) is 4.69. The summed E-state index contributed by atoms with van der Waals surface area (Å²) in [5, 5.41) is 22.1. The zero-order valence-electron chi connectivity index (χ0n) is 16.4. The monoisotopic (exact) mass is 404 g/mol. The summed E-state index contributed by atoms with van der Waals surface area (Å²) in [4.78, 5) is 19.6. The van der Waals surface area contributed by atoms with Crippen molar-refractivity contribution in [2.45, 2.75) is 57.7 Å². The van der Waals surface area contributed by atoms with Crippen molar-refractivity contribution >= 4 is 34.6 Å². The summed E-state index contributed by atoms with van der Waals surface area (Å²) in [6.07, 6.45) is 2.93. The van der Waals surface area contributed by atoms with Crippen LogP contribution in [0.5, 0.6) is 0 Å². The van der Waals surface area contributed by atoms with Gasteiger partial charge in [-0.15, -0.1) is 0 Å². The van der Waals surface area contributed by atoms with Crippen molar-refractivity contribution in [3.05, 3.63) is 45.7 Å². The van der Waals surface area contributed by atoms with Crippen molar-refractivity contribution in [2.24, 2.45) is 0 Å². The van der Waals surface area contributed by atoms with E-state index in [1.165, 1.54) is 6.33 Å². The average Bonchev–Trinajstić information content (AvgIpc) is 2.54. The third-order valence-corrected chi connectivity index (χ3v) is 4.99. The van der Waals surface area contributed by atoms with E-state index in [9.17, 15) is 10.1 Å². The molecule has 3 rings (SSSR count). The lowest BCUT2D eigenvalue weighted by atomic mass is 9.79. The Balaban J connectivity index is 1.92. The van der Waals surface area contributed by atoms with E-state index in [0.29, 0.717) is 10.7 Å². The van der Waals surface area contributed by atoms with Crippen LogP contribution in [0.1, 0.15) is 40.5 Å². The number of hydrogen-bond acceptors (Lipinski definition) is 7. The zero-order valence-corrected chi connectivity index (χ0v) is 17.2. The predicted octanol–water partition coefficient (Wildman–Crippen LogP) is 4.50. The Morgan fingerprint density at radius 3 is 2.36 bits per heavy atom. The van der Waals surface area contributed by atoms with Crippen molar-refractivity contribution in [1.29, 1.82) is 0 Å². The number of rotatable bonds is 5. The van der Waals surface area contributed by atoms with Gasteiger partial charge >= 0.3 is 5.69 Å². The number of hydrogen-bond donors (Lipinski definition) is 3. The number of anilines is 3. The highest BCUT2D eigenvalue weighted by atomic mass is 35.5. The zero-order chi connectivity index (χ0) is 20.5. The number of nitrogens with one attached hydrogen (secondary N) is 3. The van der Waals surface area contributed by atoms with Crippen molar-refractivity contribution in [1.82, 2.24) is 15.3 Å². The molecule has 0 spiro atoms. The minimum atomic E-state index is -0.473. The molecule has 1 aromatic heterocycles. The van der Waals surface area contributed by atoms with Crippen LogP contribution < -0.4 is 16.0 Å². The summed E-state index contributed by atoms with van der Waals surface area (Å²) >= 11 is 6.17. The molecule has 2 heterocycles. The second-order valence-corrected chi connectivity index (χ2v) is 8.83. The maximum atomic E-state index is 11.8. The van der Waals surface area contributed by atoms with Crippen LogP contribution in [0.2, 0.25) is 5.02 Å². The second kappa shape index (κ2) is 7.52. The van der Waals surface area contributed by atoms with E-state index in [4.69, 9.17) is 11.6 Å². The molecule has 28 heavy (non-hydrogen) atoms. The van der Waals surface area contributed by atoms with Gasteiger partial charge in [-0.05, 0) is 52.7 Å². The maximum Gasteiger partial charge on any atom is 0.353 e. The first-order chi connectivity index (χ1) is 13.1. The van der Waals surface area contributed by atoms with E-state index >= 15 is 0 Å². The minimum Gasteiger partial charge on any atom is -0.361 e. The van der Waals surface area contributed by atoms with Crippen molar-refractivity contribution in [2.75, 3.05) is 10.6 Å². The molecule has 1 aromatic carbocycles. The number of aromatic nitrogens is 2. The average molecular weight is 405 g/mol. The number of nitro groups is 1. The van der Waals surface area contributed by atoms with Gasteiger partial charge in [0.25, 0.3) is 0 Å². The summed E-state index contributed by atoms with van der Waals surface area (Å²) in [6.45, 7) is 8.51. The largest absolute Gasteiger partial charge is 0.361 e. The van der Waals surface area contributed by atoms with Crippen molar-refractivity contribution in [3.8, 4) is 0 Å². The fourth-order valence-corrected chi connectivity index (χ4v) is 4.24. The lowest BCUT2D eigenvalue weighted by Crippen LogP contribution is -2.60. The molecule has 3 N–H and O–H groups in total. The Bertz CT molecular complexity index is 870.